The molecule has 6 N–H and O–H groups in total. The summed E-state index contributed by atoms with van der Waals surface area (Å²) in [6.45, 7) is 0.408. The van der Waals surface area contributed by atoms with Crippen molar-refractivity contribution >= 4 is 47.6 Å². The van der Waals surface area contributed by atoms with Gasteiger partial charge < -0.3 is 16.5 Å². The van der Waals surface area contributed by atoms with Gasteiger partial charge in [0, 0.05) is 24.5 Å². The quantitative estimate of drug-likeness (QED) is 0.496. The summed E-state index contributed by atoms with van der Waals surface area (Å²) >= 11 is 0. The number of rotatable bonds is 2. The lowest BCUT2D eigenvalue weighted by Crippen LogP contribution is -2.38. The van der Waals surface area contributed by atoms with Crippen LogP contribution in [0, 0.1) is 5.41 Å². The van der Waals surface area contributed by atoms with E-state index in [1.54, 1.807) is 6.07 Å². The maximum absolute atomic E-state index is 12.0. The monoisotopic (exact) mass is 317 g/mol. The van der Waals surface area contributed by atoms with Crippen LogP contribution in [-0.2, 0) is 6.54 Å². The molecule has 1 aromatic heterocycles. The molecule has 6 nitrogen and oxygen atoms in total. The fourth-order valence-electron chi connectivity index (χ4n) is 1.80. The second kappa shape index (κ2) is 7.14. The number of aromatic amines is 1. The van der Waals surface area contributed by atoms with Crippen molar-refractivity contribution in [2.75, 3.05) is 7.05 Å². The Hall–Kier alpha value is -1.76. The predicted molar refractivity (Wildman–Crippen MR) is 84.7 cm³/mol. The van der Waals surface area contributed by atoms with Gasteiger partial charge in [0.15, 0.2) is 5.96 Å². The number of carbonyl (C=O) groups is 1. The van der Waals surface area contributed by atoms with E-state index in [2.05, 4.69) is 4.98 Å². The molecule has 0 saturated carbocycles. The first-order valence-corrected chi connectivity index (χ1v) is 5.47. The van der Waals surface area contributed by atoms with Crippen LogP contribution in [0.25, 0.3) is 10.9 Å². The standard InChI is InChI=1S/C12H15N5O.2ClH/c1-17(12(14)15)11(18)10-5-8-7(6-13)3-2-4-9(8)16-10;;/h2-5,16H,6,13H2,1H3,(H3,14,15);2*1H. The maximum atomic E-state index is 12.0. The van der Waals surface area contributed by atoms with E-state index in [9.17, 15) is 4.79 Å². The number of nitrogens with two attached hydrogens (primary N) is 2. The first-order chi connectivity index (χ1) is 8.54. The van der Waals surface area contributed by atoms with Crippen molar-refractivity contribution in [3.8, 4) is 0 Å². The van der Waals surface area contributed by atoms with Gasteiger partial charge in [-0.15, -0.1) is 24.8 Å². The Kier molecular flexibility index (Phi) is 6.51. The van der Waals surface area contributed by atoms with Gasteiger partial charge in [0.05, 0.1) is 0 Å². The zero-order valence-corrected chi connectivity index (χ0v) is 12.5. The first kappa shape index (κ1) is 18.2. The summed E-state index contributed by atoms with van der Waals surface area (Å²) in [5.74, 6) is -0.639. The van der Waals surface area contributed by atoms with Gasteiger partial charge in [-0.1, -0.05) is 12.1 Å². The molecule has 1 heterocycles. The summed E-state index contributed by atoms with van der Waals surface area (Å²) in [4.78, 5) is 16.1. The van der Waals surface area contributed by atoms with Gasteiger partial charge in [-0.25, -0.2) is 0 Å². The summed E-state index contributed by atoms with van der Waals surface area (Å²) in [6, 6.07) is 7.40. The van der Waals surface area contributed by atoms with Gasteiger partial charge in [-0.05, 0) is 17.7 Å². The zero-order valence-electron chi connectivity index (χ0n) is 10.8. The molecule has 20 heavy (non-hydrogen) atoms. The molecule has 0 aliphatic heterocycles. The molecule has 2 aromatic rings. The number of guanidine groups is 1. The number of H-pyrrole nitrogens is 1. The van der Waals surface area contributed by atoms with E-state index in [0.717, 1.165) is 21.4 Å². The highest BCUT2D eigenvalue weighted by molar-refractivity contribution is 6.05. The van der Waals surface area contributed by atoms with Gasteiger partial charge in [0.1, 0.15) is 5.69 Å². The average Bonchev–Trinajstić information content (AvgIpc) is 2.80. The number of nitrogens with zero attached hydrogens (tertiary/aromatic N) is 1. The number of hydrogen-bond donors (Lipinski definition) is 4. The molecule has 0 atom stereocenters. The second-order valence-corrected chi connectivity index (χ2v) is 4.01. The van der Waals surface area contributed by atoms with Gasteiger partial charge in [-0.3, -0.25) is 15.1 Å². The lowest BCUT2D eigenvalue weighted by Gasteiger charge is -2.12. The maximum Gasteiger partial charge on any atom is 0.276 e. The molecule has 8 heteroatoms. The Balaban J connectivity index is 0.00000180. The molecule has 0 fully saturated rings. The summed E-state index contributed by atoms with van der Waals surface area (Å²) in [5.41, 5.74) is 13.1. The molecule has 1 amide bonds. The van der Waals surface area contributed by atoms with Crippen LogP contribution in [0.15, 0.2) is 24.3 Å². The molecular weight excluding hydrogens is 301 g/mol. The highest BCUT2D eigenvalue weighted by Crippen LogP contribution is 2.20. The van der Waals surface area contributed by atoms with E-state index in [4.69, 9.17) is 16.9 Å². The minimum absolute atomic E-state index is 0. The number of halogens is 2. The highest BCUT2D eigenvalue weighted by atomic mass is 35.5. The van der Waals surface area contributed by atoms with Crippen molar-refractivity contribution in [2.45, 2.75) is 6.54 Å². The number of benzene rings is 1. The molecular formula is C12H17Cl2N5O. The van der Waals surface area contributed by atoms with Gasteiger partial charge >= 0.3 is 0 Å². The van der Waals surface area contributed by atoms with Crippen molar-refractivity contribution in [3.63, 3.8) is 0 Å². The van der Waals surface area contributed by atoms with E-state index in [-0.39, 0.29) is 36.7 Å². The third-order valence-corrected chi connectivity index (χ3v) is 2.87. The number of nitrogens with one attached hydrogen (secondary N) is 2. The molecule has 1 aromatic carbocycles. The molecule has 0 saturated heterocycles. The smallest absolute Gasteiger partial charge is 0.276 e. The van der Waals surface area contributed by atoms with Crippen molar-refractivity contribution in [1.29, 1.82) is 5.41 Å². The van der Waals surface area contributed by atoms with Crippen molar-refractivity contribution in [2.24, 2.45) is 11.5 Å². The normalized spacial score (nSPS) is 9.50. The summed E-state index contributed by atoms with van der Waals surface area (Å²) in [7, 11) is 1.46. The van der Waals surface area contributed by atoms with Crippen LogP contribution in [0.2, 0.25) is 0 Å². The molecule has 110 valence electrons. The Bertz CT molecular complexity index is 625. The van der Waals surface area contributed by atoms with Crippen LogP contribution in [0.5, 0.6) is 0 Å². The van der Waals surface area contributed by atoms with Crippen LogP contribution in [0.1, 0.15) is 16.1 Å². The first-order valence-electron chi connectivity index (χ1n) is 5.47. The Morgan fingerprint density at radius 1 is 1.40 bits per heavy atom. The predicted octanol–water partition coefficient (Wildman–Crippen LogP) is 1.44. The number of fused-ring (bicyclic) bond motifs is 1. The van der Waals surface area contributed by atoms with Gasteiger partial charge in [0.2, 0.25) is 0 Å². The molecule has 0 aliphatic carbocycles. The number of amides is 1. The largest absolute Gasteiger partial charge is 0.370 e. The lowest BCUT2D eigenvalue weighted by atomic mass is 10.1. The SMILES string of the molecule is CN(C(=N)N)C(=O)c1cc2c(CN)cccc2[nH]1.Cl.Cl. The van der Waals surface area contributed by atoms with Crippen LogP contribution < -0.4 is 11.5 Å². The second-order valence-electron chi connectivity index (χ2n) is 4.01. The molecule has 0 radical (unpaired) electrons. The Labute approximate surface area is 128 Å². The van der Waals surface area contributed by atoms with Crippen molar-refractivity contribution in [3.05, 3.63) is 35.5 Å². The van der Waals surface area contributed by atoms with Crippen molar-refractivity contribution < 1.29 is 4.79 Å². The third-order valence-electron chi connectivity index (χ3n) is 2.87. The Morgan fingerprint density at radius 2 is 2.05 bits per heavy atom. The van der Waals surface area contributed by atoms with E-state index in [0.29, 0.717) is 12.2 Å². The number of hydrogen-bond acceptors (Lipinski definition) is 3. The number of aromatic nitrogens is 1. The fraction of sp³-hybridized carbons (Fsp3) is 0.167. The van der Waals surface area contributed by atoms with Crippen LogP contribution in [0.3, 0.4) is 0 Å². The average molecular weight is 318 g/mol. The molecule has 0 bridgehead atoms. The topological polar surface area (TPSA) is 112 Å². The number of carbonyl (C=O) groups excluding carboxylic acids is 1. The van der Waals surface area contributed by atoms with E-state index in [1.165, 1.54) is 7.05 Å². The van der Waals surface area contributed by atoms with E-state index in [1.807, 2.05) is 18.2 Å². The minimum atomic E-state index is -0.346. The minimum Gasteiger partial charge on any atom is -0.370 e. The third kappa shape index (κ3) is 3.22. The fourth-order valence-corrected chi connectivity index (χ4v) is 1.80. The van der Waals surface area contributed by atoms with Gasteiger partial charge in [-0.2, -0.15) is 0 Å². The summed E-state index contributed by atoms with van der Waals surface area (Å²) in [5, 5.41) is 8.16. The lowest BCUT2D eigenvalue weighted by molar-refractivity contribution is 0.0864. The molecule has 0 aliphatic rings. The molecule has 0 spiro atoms. The van der Waals surface area contributed by atoms with Crippen LogP contribution >= 0.6 is 24.8 Å². The highest BCUT2D eigenvalue weighted by Gasteiger charge is 2.16. The zero-order chi connectivity index (χ0) is 13.3. The van der Waals surface area contributed by atoms with Gasteiger partial charge in [0.25, 0.3) is 5.91 Å². The summed E-state index contributed by atoms with van der Waals surface area (Å²) in [6.07, 6.45) is 0. The molecule has 0 unspecified atom stereocenters. The van der Waals surface area contributed by atoms with E-state index >= 15 is 0 Å². The Morgan fingerprint density at radius 3 is 2.60 bits per heavy atom. The van der Waals surface area contributed by atoms with Crippen LogP contribution in [0.4, 0.5) is 0 Å². The van der Waals surface area contributed by atoms with Crippen LogP contribution in [-0.4, -0.2) is 28.8 Å². The van der Waals surface area contributed by atoms with Crippen molar-refractivity contribution in [1.82, 2.24) is 9.88 Å². The molecule has 2 rings (SSSR count). The summed E-state index contributed by atoms with van der Waals surface area (Å²) < 4.78 is 0. The van der Waals surface area contributed by atoms with E-state index < -0.39 is 0 Å².